The lowest BCUT2D eigenvalue weighted by atomic mass is 10.2. The van der Waals surface area contributed by atoms with E-state index in [4.69, 9.17) is 10.00 Å². The van der Waals surface area contributed by atoms with Crippen LogP contribution in [0.5, 0.6) is 11.5 Å². The summed E-state index contributed by atoms with van der Waals surface area (Å²) >= 11 is 0. The number of rotatable bonds is 7. The van der Waals surface area contributed by atoms with E-state index in [1.807, 2.05) is 33.2 Å². The molecule has 0 aliphatic rings. The number of halogens is 1. The summed E-state index contributed by atoms with van der Waals surface area (Å²) in [5.74, 6) is 0.0443. The van der Waals surface area contributed by atoms with Crippen LogP contribution in [0, 0.1) is 17.1 Å². The summed E-state index contributed by atoms with van der Waals surface area (Å²) in [7, 11) is 1.81. The topological polar surface area (TPSA) is 136 Å². The number of amides is 2. The number of pyridine rings is 2. The molecule has 200 valence electrons. The van der Waals surface area contributed by atoms with Crippen molar-refractivity contribution in [2.75, 3.05) is 10.6 Å². The van der Waals surface area contributed by atoms with Crippen molar-refractivity contribution >= 4 is 17.4 Å². The van der Waals surface area contributed by atoms with Crippen molar-refractivity contribution in [3.63, 3.8) is 0 Å². The van der Waals surface area contributed by atoms with Crippen LogP contribution < -0.4 is 15.4 Å². The summed E-state index contributed by atoms with van der Waals surface area (Å²) in [6.45, 7) is 3.89. The highest BCUT2D eigenvalue weighted by molar-refractivity contribution is 6.01. The summed E-state index contributed by atoms with van der Waals surface area (Å²) in [5, 5.41) is 23.0. The number of aromatic nitrogens is 6. The van der Waals surface area contributed by atoms with E-state index in [9.17, 15) is 9.18 Å². The first-order valence-corrected chi connectivity index (χ1v) is 12.2. The minimum atomic E-state index is -0.677. The van der Waals surface area contributed by atoms with Crippen LogP contribution in [0.4, 0.5) is 20.6 Å². The van der Waals surface area contributed by atoms with Gasteiger partial charge in [-0.25, -0.2) is 14.2 Å². The third kappa shape index (κ3) is 5.78. The Hall–Kier alpha value is -5.57. The summed E-state index contributed by atoms with van der Waals surface area (Å²) in [6, 6.07) is 12.1. The molecule has 5 aromatic rings. The Morgan fingerprint density at radius 2 is 1.80 bits per heavy atom. The van der Waals surface area contributed by atoms with Gasteiger partial charge in [-0.1, -0.05) is 0 Å². The molecular weight excluding hydrogens is 513 g/mol. The van der Waals surface area contributed by atoms with Crippen LogP contribution in [0.15, 0.2) is 73.4 Å². The van der Waals surface area contributed by atoms with Gasteiger partial charge in [0.25, 0.3) is 0 Å². The minimum absolute atomic E-state index is 0.0227. The molecule has 0 bridgehead atoms. The average molecular weight is 538 g/mol. The highest BCUT2D eigenvalue weighted by Crippen LogP contribution is 2.30. The maximum atomic E-state index is 14.9. The zero-order valence-corrected chi connectivity index (χ0v) is 21.8. The molecule has 0 saturated heterocycles. The molecule has 0 fully saturated rings. The lowest BCUT2D eigenvalue weighted by Gasteiger charge is -2.11. The number of hydrogen-bond donors (Lipinski definition) is 2. The van der Waals surface area contributed by atoms with E-state index in [2.05, 4.69) is 30.8 Å². The van der Waals surface area contributed by atoms with Crippen LogP contribution in [-0.4, -0.2) is 35.6 Å². The predicted molar refractivity (Wildman–Crippen MR) is 146 cm³/mol. The van der Waals surface area contributed by atoms with Crippen molar-refractivity contribution in [3.8, 4) is 40.1 Å². The molecule has 12 heteroatoms. The Kier molecular flexibility index (Phi) is 7.19. The van der Waals surface area contributed by atoms with Crippen molar-refractivity contribution in [1.29, 1.82) is 5.26 Å². The molecular formula is C28H24FN9O2. The molecule has 4 aromatic heterocycles. The number of carbonyl (C=O) groups excluding carboxylic acids is 1. The molecule has 1 aromatic carbocycles. The Bertz CT molecular complexity index is 1720. The van der Waals surface area contributed by atoms with Gasteiger partial charge in [-0.2, -0.15) is 15.5 Å². The Morgan fingerprint density at radius 3 is 2.48 bits per heavy atom. The number of ether oxygens (including phenoxy) is 1. The van der Waals surface area contributed by atoms with Crippen molar-refractivity contribution < 1.29 is 13.9 Å². The predicted octanol–water partition coefficient (Wildman–Crippen LogP) is 5.77. The lowest BCUT2D eigenvalue weighted by molar-refractivity contribution is 0.262. The molecule has 0 unspecified atom stereocenters. The zero-order valence-electron chi connectivity index (χ0n) is 21.8. The van der Waals surface area contributed by atoms with E-state index in [0.717, 1.165) is 5.56 Å². The van der Waals surface area contributed by atoms with Crippen LogP contribution in [0.3, 0.4) is 0 Å². The number of aryl methyl sites for hydroxylation is 1. The Morgan fingerprint density at radius 1 is 1.00 bits per heavy atom. The zero-order chi connectivity index (χ0) is 28.2. The van der Waals surface area contributed by atoms with Gasteiger partial charge in [0.1, 0.15) is 34.8 Å². The molecule has 5 rings (SSSR count). The third-order valence-electron chi connectivity index (χ3n) is 5.82. The number of anilines is 2. The molecule has 2 N–H and O–H groups in total. The van der Waals surface area contributed by atoms with Gasteiger partial charge >= 0.3 is 6.03 Å². The van der Waals surface area contributed by atoms with Crippen LogP contribution >= 0.6 is 0 Å². The van der Waals surface area contributed by atoms with Gasteiger partial charge in [0, 0.05) is 61.1 Å². The summed E-state index contributed by atoms with van der Waals surface area (Å²) in [6.07, 6.45) is 8.30. The molecule has 0 spiro atoms. The minimum Gasteiger partial charge on any atom is -0.457 e. The molecule has 40 heavy (non-hydrogen) atoms. The normalized spacial score (nSPS) is 10.8. The average Bonchev–Trinajstić information content (AvgIpc) is 3.57. The summed E-state index contributed by atoms with van der Waals surface area (Å²) < 4.78 is 24.1. The third-order valence-corrected chi connectivity index (χ3v) is 5.82. The number of nitrogens with one attached hydrogen (secondary N) is 2. The van der Waals surface area contributed by atoms with Gasteiger partial charge in [-0.15, -0.1) is 0 Å². The highest BCUT2D eigenvalue weighted by Gasteiger charge is 2.17. The van der Waals surface area contributed by atoms with Gasteiger partial charge in [-0.05, 0) is 44.2 Å². The van der Waals surface area contributed by atoms with Crippen molar-refractivity contribution in [2.24, 2.45) is 7.05 Å². The second-order valence-corrected chi connectivity index (χ2v) is 9.11. The second-order valence-electron chi connectivity index (χ2n) is 9.11. The maximum Gasteiger partial charge on any atom is 0.323 e. The molecule has 0 atom stereocenters. The van der Waals surface area contributed by atoms with Crippen molar-refractivity contribution in [3.05, 3.63) is 85.0 Å². The number of benzene rings is 1. The largest absolute Gasteiger partial charge is 0.457 e. The highest BCUT2D eigenvalue weighted by atomic mass is 19.1. The van der Waals surface area contributed by atoms with Gasteiger partial charge in [0.15, 0.2) is 0 Å². The molecule has 0 aliphatic heterocycles. The monoisotopic (exact) mass is 537 g/mol. The fourth-order valence-corrected chi connectivity index (χ4v) is 3.82. The van der Waals surface area contributed by atoms with E-state index in [1.165, 1.54) is 18.3 Å². The van der Waals surface area contributed by atoms with Crippen molar-refractivity contribution in [2.45, 2.75) is 19.9 Å². The quantitative estimate of drug-likeness (QED) is 0.269. The van der Waals surface area contributed by atoms with E-state index >= 15 is 0 Å². The summed E-state index contributed by atoms with van der Waals surface area (Å²) in [4.78, 5) is 21.2. The molecule has 4 heterocycles. The molecule has 2 amide bonds. The molecule has 0 aliphatic carbocycles. The van der Waals surface area contributed by atoms with Gasteiger partial charge in [0.2, 0.25) is 0 Å². The van der Waals surface area contributed by atoms with Gasteiger partial charge in [-0.3, -0.25) is 14.3 Å². The number of hydrogen-bond acceptors (Lipinski definition) is 7. The fraction of sp³-hybridized carbons (Fsp3) is 0.143. The molecule has 0 saturated carbocycles. The SMILES string of the molecule is CC(C)n1cc(NC(=O)Nc2ccc(Oc3ccnc(-c4cnn(C)c4)c3)cc2F)c(-c2ccc(C#N)nc2)n1. The fourth-order valence-electron chi connectivity index (χ4n) is 3.82. The maximum absolute atomic E-state index is 14.9. The van der Waals surface area contributed by atoms with Crippen LogP contribution in [0.25, 0.3) is 22.5 Å². The van der Waals surface area contributed by atoms with Gasteiger partial charge < -0.3 is 15.4 Å². The van der Waals surface area contributed by atoms with E-state index in [-0.39, 0.29) is 23.2 Å². The first-order chi connectivity index (χ1) is 19.3. The first-order valence-electron chi connectivity index (χ1n) is 12.2. The second kappa shape index (κ2) is 11.0. The first kappa shape index (κ1) is 26.1. The van der Waals surface area contributed by atoms with Crippen LogP contribution in [0.1, 0.15) is 25.6 Å². The van der Waals surface area contributed by atoms with E-state index in [0.29, 0.717) is 28.4 Å². The number of carbonyl (C=O) groups is 1. The Labute approximate surface area is 228 Å². The number of urea groups is 1. The van der Waals surface area contributed by atoms with Gasteiger partial charge in [0.05, 0.1) is 23.3 Å². The molecule has 11 nitrogen and oxygen atoms in total. The standard InChI is InChI=1S/C28H24FN9O2/c1-17(2)38-16-26(27(36-38)18-4-5-20(12-30)32-13-18)35-28(39)34-24-7-6-21(10-23(24)29)40-22-8-9-31-25(11-22)19-14-33-37(3)15-19/h4-11,13-17H,1-3H3,(H2,34,35,39). The summed E-state index contributed by atoms with van der Waals surface area (Å²) in [5.41, 5.74) is 3.20. The van der Waals surface area contributed by atoms with Crippen LogP contribution in [-0.2, 0) is 7.05 Å². The number of nitrogens with zero attached hydrogens (tertiary/aromatic N) is 7. The van der Waals surface area contributed by atoms with E-state index in [1.54, 1.807) is 58.3 Å². The molecule has 0 radical (unpaired) electrons. The van der Waals surface area contributed by atoms with Crippen molar-refractivity contribution in [1.82, 2.24) is 29.5 Å². The van der Waals surface area contributed by atoms with E-state index < -0.39 is 11.8 Å². The van der Waals surface area contributed by atoms with Crippen LogP contribution in [0.2, 0.25) is 0 Å². The smallest absolute Gasteiger partial charge is 0.323 e. The Balaban J connectivity index is 1.29. The number of nitriles is 1. The lowest BCUT2D eigenvalue weighted by Crippen LogP contribution is -2.20.